The van der Waals surface area contributed by atoms with Crippen molar-refractivity contribution in [3.63, 3.8) is 0 Å². The molecule has 28 heavy (non-hydrogen) atoms. The van der Waals surface area contributed by atoms with Gasteiger partial charge in [0.2, 0.25) is 5.91 Å². The first kappa shape index (κ1) is 17.8. The Morgan fingerprint density at radius 3 is 2.71 bits per heavy atom. The van der Waals surface area contributed by atoms with Gasteiger partial charge in [0.25, 0.3) is 5.56 Å². The molecule has 0 saturated heterocycles. The Kier molecular flexibility index (Phi) is 4.81. The summed E-state index contributed by atoms with van der Waals surface area (Å²) in [6.45, 7) is 0.179. The lowest BCUT2D eigenvalue weighted by molar-refractivity contribution is -0.116. The molecule has 0 aliphatic rings. The first-order valence-electron chi connectivity index (χ1n) is 8.50. The quantitative estimate of drug-likeness (QED) is 0.540. The summed E-state index contributed by atoms with van der Waals surface area (Å²) in [5, 5.41) is 3.66. The molecule has 0 aliphatic carbocycles. The van der Waals surface area contributed by atoms with Crippen LogP contribution in [0.2, 0.25) is 0 Å². The molecule has 0 saturated carbocycles. The van der Waals surface area contributed by atoms with Crippen LogP contribution in [0.4, 0.5) is 5.69 Å². The number of aryl methyl sites for hydroxylation is 1. The van der Waals surface area contributed by atoms with Gasteiger partial charge in [-0.15, -0.1) is 0 Å². The predicted molar refractivity (Wildman–Crippen MR) is 107 cm³/mol. The van der Waals surface area contributed by atoms with Crippen molar-refractivity contribution in [3.8, 4) is 10.6 Å². The Morgan fingerprint density at radius 1 is 1.14 bits per heavy atom. The fraction of sp³-hybridized carbons (Fsp3) is 0.105. The minimum atomic E-state index is -0.532. The van der Waals surface area contributed by atoms with E-state index in [9.17, 15) is 14.4 Å². The Hall–Kier alpha value is -3.59. The van der Waals surface area contributed by atoms with Gasteiger partial charge in [-0.25, -0.2) is 14.8 Å². The third-order valence-electron chi connectivity index (χ3n) is 4.06. The van der Waals surface area contributed by atoms with E-state index in [1.54, 1.807) is 18.3 Å². The number of fused-ring (bicyclic) bond motifs is 1. The molecule has 1 aromatic carbocycles. The molecule has 8 nitrogen and oxygen atoms in total. The van der Waals surface area contributed by atoms with E-state index in [4.69, 9.17) is 0 Å². The van der Waals surface area contributed by atoms with Crippen LogP contribution in [0.1, 0.15) is 6.42 Å². The number of rotatable bonds is 5. The van der Waals surface area contributed by atoms with E-state index < -0.39 is 11.2 Å². The number of pyridine rings is 1. The molecule has 9 heteroatoms. The zero-order valence-corrected chi connectivity index (χ0v) is 15.4. The lowest BCUT2D eigenvalue weighted by Crippen LogP contribution is -2.29. The average molecular weight is 393 g/mol. The van der Waals surface area contributed by atoms with Crippen molar-refractivity contribution in [1.82, 2.24) is 19.5 Å². The summed E-state index contributed by atoms with van der Waals surface area (Å²) >= 11 is 1.51. The number of benzene rings is 1. The summed E-state index contributed by atoms with van der Waals surface area (Å²) in [4.78, 5) is 46.7. The summed E-state index contributed by atoms with van der Waals surface area (Å²) in [6, 6.07) is 12.4. The standard InChI is InChI=1S/C19H15N5O3S/c25-15(7-10-24-11-8-16(26)23-19(24)27)21-13-5-3-12(4-6-13)17-22-14-2-1-9-20-18(14)28-17/h1-6,8-9,11H,7,10H2,(H,21,25)(H,23,26,27). The number of aromatic amines is 1. The Labute approximate surface area is 162 Å². The van der Waals surface area contributed by atoms with Gasteiger partial charge in [0.1, 0.15) is 15.4 Å². The van der Waals surface area contributed by atoms with Crippen molar-refractivity contribution < 1.29 is 4.79 Å². The minimum Gasteiger partial charge on any atom is -0.326 e. The van der Waals surface area contributed by atoms with Gasteiger partial charge in [0.05, 0.1) is 0 Å². The molecule has 0 fully saturated rings. The predicted octanol–water partition coefficient (Wildman–Crippen LogP) is 2.24. The molecule has 0 unspecified atom stereocenters. The molecule has 4 aromatic rings. The smallest absolute Gasteiger partial charge is 0.326 e. The minimum absolute atomic E-state index is 0.108. The van der Waals surface area contributed by atoms with E-state index in [0.717, 1.165) is 20.9 Å². The van der Waals surface area contributed by atoms with Crippen molar-refractivity contribution in [2.75, 3.05) is 5.32 Å². The first-order valence-corrected chi connectivity index (χ1v) is 9.32. The average Bonchev–Trinajstić information content (AvgIpc) is 3.12. The highest BCUT2D eigenvalue weighted by Gasteiger charge is 2.08. The fourth-order valence-corrected chi connectivity index (χ4v) is 3.57. The molecule has 0 radical (unpaired) electrons. The summed E-state index contributed by atoms with van der Waals surface area (Å²) in [7, 11) is 0. The molecule has 3 aromatic heterocycles. The maximum atomic E-state index is 12.1. The first-order chi connectivity index (χ1) is 13.6. The van der Waals surface area contributed by atoms with E-state index in [1.807, 2.05) is 24.3 Å². The van der Waals surface area contributed by atoms with Gasteiger partial charge >= 0.3 is 5.69 Å². The number of nitrogens with one attached hydrogen (secondary N) is 2. The van der Waals surface area contributed by atoms with Crippen molar-refractivity contribution >= 4 is 33.3 Å². The molecule has 0 bridgehead atoms. The van der Waals surface area contributed by atoms with Gasteiger partial charge in [-0.05, 0) is 36.4 Å². The van der Waals surface area contributed by atoms with E-state index in [-0.39, 0.29) is 18.9 Å². The Morgan fingerprint density at radius 2 is 1.96 bits per heavy atom. The van der Waals surface area contributed by atoms with Gasteiger partial charge in [-0.2, -0.15) is 0 Å². The molecule has 0 aliphatic heterocycles. The van der Waals surface area contributed by atoms with Crippen LogP contribution < -0.4 is 16.6 Å². The number of hydrogen-bond donors (Lipinski definition) is 2. The molecule has 0 spiro atoms. The fourth-order valence-electron chi connectivity index (χ4n) is 2.66. The van der Waals surface area contributed by atoms with Crippen molar-refractivity contribution in [1.29, 1.82) is 0 Å². The maximum absolute atomic E-state index is 12.1. The number of H-pyrrole nitrogens is 1. The summed E-state index contributed by atoms with van der Waals surface area (Å²) in [6.07, 6.45) is 3.22. The highest BCUT2D eigenvalue weighted by molar-refractivity contribution is 7.21. The highest BCUT2D eigenvalue weighted by Crippen LogP contribution is 2.29. The van der Waals surface area contributed by atoms with Crippen LogP contribution in [0.5, 0.6) is 0 Å². The van der Waals surface area contributed by atoms with Crippen LogP contribution in [0.15, 0.2) is 64.4 Å². The Balaban J connectivity index is 1.40. The number of hydrogen-bond acceptors (Lipinski definition) is 6. The second-order valence-corrected chi connectivity index (χ2v) is 7.00. The van der Waals surface area contributed by atoms with Gasteiger partial charge in [0, 0.05) is 42.7 Å². The van der Waals surface area contributed by atoms with E-state index in [0.29, 0.717) is 5.69 Å². The second-order valence-electron chi connectivity index (χ2n) is 6.03. The third-order valence-corrected chi connectivity index (χ3v) is 5.09. The maximum Gasteiger partial charge on any atom is 0.328 e. The number of aromatic nitrogens is 4. The topological polar surface area (TPSA) is 110 Å². The molecule has 4 rings (SSSR count). The van der Waals surface area contributed by atoms with E-state index in [1.165, 1.54) is 28.2 Å². The van der Waals surface area contributed by atoms with Crippen LogP contribution in [-0.2, 0) is 11.3 Å². The van der Waals surface area contributed by atoms with Crippen molar-refractivity contribution in [3.05, 3.63) is 75.7 Å². The van der Waals surface area contributed by atoms with Crippen molar-refractivity contribution in [2.45, 2.75) is 13.0 Å². The SMILES string of the molecule is O=C(CCn1ccc(=O)[nH]c1=O)Nc1ccc(-c2nc3cccnc3s2)cc1. The molecule has 2 N–H and O–H groups in total. The number of nitrogens with zero attached hydrogens (tertiary/aromatic N) is 3. The highest BCUT2D eigenvalue weighted by atomic mass is 32.1. The molecule has 1 amide bonds. The second kappa shape index (κ2) is 7.57. The van der Waals surface area contributed by atoms with Crippen LogP contribution in [0.25, 0.3) is 20.9 Å². The van der Waals surface area contributed by atoms with Gasteiger partial charge in [-0.3, -0.25) is 14.6 Å². The number of anilines is 1. The third kappa shape index (κ3) is 3.89. The summed E-state index contributed by atoms with van der Waals surface area (Å²) in [5.74, 6) is -0.227. The van der Waals surface area contributed by atoms with Gasteiger partial charge in [0.15, 0.2) is 0 Å². The van der Waals surface area contributed by atoms with Crippen LogP contribution in [-0.4, -0.2) is 25.4 Å². The van der Waals surface area contributed by atoms with E-state index >= 15 is 0 Å². The normalized spacial score (nSPS) is 10.9. The molecular formula is C19H15N5O3S. The summed E-state index contributed by atoms with van der Waals surface area (Å²) < 4.78 is 1.28. The van der Waals surface area contributed by atoms with Gasteiger partial charge < -0.3 is 9.88 Å². The molecule has 0 atom stereocenters. The van der Waals surface area contributed by atoms with Crippen molar-refractivity contribution in [2.24, 2.45) is 0 Å². The Bertz CT molecular complexity index is 1220. The number of carbonyl (C=O) groups excluding carboxylic acids is 1. The van der Waals surface area contributed by atoms with Crippen LogP contribution >= 0.6 is 11.3 Å². The largest absolute Gasteiger partial charge is 0.328 e. The van der Waals surface area contributed by atoms with E-state index in [2.05, 4.69) is 20.3 Å². The molecule has 140 valence electrons. The summed E-state index contributed by atoms with van der Waals surface area (Å²) in [5.41, 5.74) is 1.46. The lowest BCUT2D eigenvalue weighted by Gasteiger charge is -2.07. The molecule has 3 heterocycles. The lowest BCUT2D eigenvalue weighted by atomic mass is 10.2. The van der Waals surface area contributed by atoms with Crippen LogP contribution in [0, 0.1) is 0 Å². The van der Waals surface area contributed by atoms with Crippen LogP contribution in [0.3, 0.4) is 0 Å². The number of thiazole rings is 1. The monoisotopic (exact) mass is 393 g/mol. The number of carbonyl (C=O) groups is 1. The zero-order chi connectivity index (χ0) is 19.5. The zero-order valence-electron chi connectivity index (χ0n) is 14.6. The molecular weight excluding hydrogens is 378 g/mol. The van der Waals surface area contributed by atoms with Gasteiger partial charge in [-0.1, -0.05) is 11.3 Å². The number of amides is 1.